The van der Waals surface area contributed by atoms with Crippen molar-refractivity contribution in [2.45, 2.75) is 69.5 Å². The number of carboxylic acid groups (broad SMARTS) is 1. The summed E-state index contributed by atoms with van der Waals surface area (Å²) in [6, 6.07) is 16.3. The third kappa shape index (κ3) is 4.64. The van der Waals surface area contributed by atoms with Crippen molar-refractivity contribution in [2.75, 3.05) is 6.61 Å². The van der Waals surface area contributed by atoms with Crippen LogP contribution in [0.25, 0.3) is 11.1 Å². The number of hydrogen-bond acceptors (Lipinski definition) is 4. The van der Waals surface area contributed by atoms with Gasteiger partial charge in [-0.25, -0.2) is 4.79 Å². The lowest BCUT2D eigenvalue weighted by Crippen LogP contribution is -2.48. The van der Waals surface area contributed by atoms with Crippen molar-refractivity contribution in [3.63, 3.8) is 0 Å². The van der Waals surface area contributed by atoms with Gasteiger partial charge in [-0.1, -0.05) is 48.5 Å². The summed E-state index contributed by atoms with van der Waals surface area (Å²) >= 11 is 0. The smallest absolute Gasteiger partial charge is 0.407 e. The molecule has 2 N–H and O–H groups in total. The average Bonchev–Trinajstić information content (AvgIpc) is 3.31. The maximum atomic E-state index is 12.9. The predicted molar refractivity (Wildman–Crippen MR) is 131 cm³/mol. The van der Waals surface area contributed by atoms with Gasteiger partial charge in [0.05, 0.1) is 5.92 Å². The number of alkyl carbamates (subject to hydrolysis) is 1. The Bertz CT molecular complexity index is 1070. The summed E-state index contributed by atoms with van der Waals surface area (Å²) in [7, 11) is 0. The zero-order chi connectivity index (χ0) is 24.5. The Morgan fingerprint density at radius 1 is 1.00 bits per heavy atom. The van der Waals surface area contributed by atoms with E-state index in [0.717, 1.165) is 12.8 Å². The molecule has 2 amide bonds. The Balaban J connectivity index is 1.10. The number of carbonyl (C=O) groups is 3. The minimum absolute atomic E-state index is 0.00855. The summed E-state index contributed by atoms with van der Waals surface area (Å²) in [6.07, 6.45) is 3.23. The molecule has 0 aromatic heterocycles. The van der Waals surface area contributed by atoms with E-state index < -0.39 is 12.1 Å². The van der Waals surface area contributed by atoms with Crippen molar-refractivity contribution in [1.82, 2.24) is 10.2 Å². The summed E-state index contributed by atoms with van der Waals surface area (Å²) in [5, 5.41) is 12.2. The lowest BCUT2D eigenvalue weighted by atomic mass is 9.90. The van der Waals surface area contributed by atoms with Gasteiger partial charge in [-0.3, -0.25) is 9.59 Å². The molecule has 3 aliphatic rings. The van der Waals surface area contributed by atoms with Crippen molar-refractivity contribution in [3.8, 4) is 11.1 Å². The molecule has 0 spiro atoms. The van der Waals surface area contributed by atoms with Crippen LogP contribution in [0.5, 0.6) is 0 Å². The van der Waals surface area contributed by atoms with Gasteiger partial charge in [0, 0.05) is 30.5 Å². The monoisotopic (exact) mass is 476 g/mol. The average molecular weight is 477 g/mol. The molecule has 2 aromatic rings. The molecule has 184 valence electrons. The second-order valence-corrected chi connectivity index (χ2v) is 10.1. The third-order valence-corrected chi connectivity index (χ3v) is 7.87. The molecule has 2 aromatic carbocycles. The molecule has 7 nitrogen and oxygen atoms in total. The molecule has 7 heteroatoms. The van der Waals surface area contributed by atoms with Gasteiger partial charge in [0.15, 0.2) is 0 Å². The third-order valence-electron chi connectivity index (χ3n) is 7.87. The highest BCUT2D eigenvalue weighted by atomic mass is 16.5. The number of carbonyl (C=O) groups excluding carboxylic acids is 2. The number of nitrogens with zero attached hydrogens (tertiary/aromatic N) is 1. The fourth-order valence-corrected chi connectivity index (χ4v) is 6.17. The molecule has 3 unspecified atom stereocenters. The SMILES string of the molecule is CC(CCC(=O)N1C2CCC1CC(C(=O)O)C2)NC(=O)OCC1c2ccccc2-c2ccccc21. The molecule has 3 atom stereocenters. The second-order valence-electron chi connectivity index (χ2n) is 10.1. The molecule has 2 aliphatic heterocycles. The van der Waals surface area contributed by atoms with Gasteiger partial charge in [-0.2, -0.15) is 0 Å². The summed E-state index contributed by atoms with van der Waals surface area (Å²) in [6.45, 7) is 2.13. The standard InChI is InChI=1S/C28H32N2O5/c1-17(10-13-26(31)30-19-11-12-20(30)15-18(14-19)27(32)33)29-28(34)35-16-25-23-8-4-2-6-21(23)22-7-3-5-9-24(22)25/h2-9,17-20,25H,10-16H2,1H3,(H,29,34)(H,32,33). The van der Waals surface area contributed by atoms with E-state index in [4.69, 9.17) is 4.74 Å². The van der Waals surface area contributed by atoms with Crippen LogP contribution in [0.15, 0.2) is 48.5 Å². The van der Waals surface area contributed by atoms with Crippen LogP contribution in [0.3, 0.4) is 0 Å². The van der Waals surface area contributed by atoms with Crippen molar-refractivity contribution in [3.05, 3.63) is 59.7 Å². The zero-order valence-corrected chi connectivity index (χ0v) is 20.0. The number of piperidine rings is 1. The Labute approximate surface area is 205 Å². The highest BCUT2D eigenvalue weighted by Gasteiger charge is 2.44. The van der Waals surface area contributed by atoms with E-state index in [1.54, 1.807) is 0 Å². The maximum Gasteiger partial charge on any atom is 0.407 e. The zero-order valence-electron chi connectivity index (χ0n) is 20.0. The van der Waals surface area contributed by atoms with E-state index in [-0.39, 0.29) is 42.5 Å². The van der Waals surface area contributed by atoms with Crippen molar-refractivity contribution in [2.24, 2.45) is 5.92 Å². The maximum absolute atomic E-state index is 12.9. The largest absolute Gasteiger partial charge is 0.481 e. The van der Waals surface area contributed by atoms with Crippen LogP contribution < -0.4 is 5.32 Å². The summed E-state index contributed by atoms with van der Waals surface area (Å²) < 4.78 is 5.61. The number of hydrogen-bond donors (Lipinski definition) is 2. The topological polar surface area (TPSA) is 95.9 Å². The highest BCUT2D eigenvalue weighted by Crippen LogP contribution is 2.44. The number of benzene rings is 2. The van der Waals surface area contributed by atoms with Gasteiger partial charge in [-0.05, 0) is 61.3 Å². The highest BCUT2D eigenvalue weighted by molar-refractivity contribution is 5.80. The minimum Gasteiger partial charge on any atom is -0.481 e. The van der Waals surface area contributed by atoms with E-state index in [0.29, 0.717) is 25.7 Å². The molecule has 35 heavy (non-hydrogen) atoms. The first kappa shape index (κ1) is 23.4. The van der Waals surface area contributed by atoms with Crippen LogP contribution in [0.1, 0.15) is 62.5 Å². The number of nitrogens with one attached hydrogen (secondary N) is 1. The summed E-state index contributed by atoms with van der Waals surface area (Å²) in [5.74, 6) is -1.03. The van der Waals surface area contributed by atoms with E-state index >= 15 is 0 Å². The Morgan fingerprint density at radius 2 is 1.57 bits per heavy atom. The number of rotatable bonds is 7. The molecule has 0 saturated carbocycles. The lowest BCUT2D eigenvalue weighted by molar-refractivity contribution is -0.148. The quantitative estimate of drug-likeness (QED) is 0.611. The number of carboxylic acids is 1. The molecular formula is C28H32N2O5. The molecule has 2 heterocycles. The Kier molecular flexibility index (Phi) is 6.50. The molecule has 0 radical (unpaired) electrons. The first-order chi connectivity index (χ1) is 16.9. The number of aliphatic carboxylic acids is 1. The predicted octanol–water partition coefficient (Wildman–Crippen LogP) is 4.55. The van der Waals surface area contributed by atoms with Crippen LogP contribution in [-0.4, -0.2) is 52.7 Å². The Hall–Kier alpha value is -3.35. The number of amides is 2. The molecular weight excluding hydrogens is 444 g/mol. The fraction of sp³-hybridized carbons (Fsp3) is 0.464. The van der Waals surface area contributed by atoms with Crippen LogP contribution >= 0.6 is 0 Å². The van der Waals surface area contributed by atoms with Gasteiger partial charge >= 0.3 is 12.1 Å². The molecule has 2 saturated heterocycles. The van der Waals surface area contributed by atoms with E-state index in [9.17, 15) is 19.5 Å². The van der Waals surface area contributed by atoms with E-state index in [1.165, 1.54) is 22.3 Å². The van der Waals surface area contributed by atoms with Gasteiger partial charge < -0.3 is 20.1 Å². The fourth-order valence-electron chi connectivity index (χ4n) is 6.17. The van der Waals surface area contributed by atoms with Crippen molar-refractivity contribution in [1.29, 1.82) is 0 Å². The van der Waals surface area contributed by atoms with Crippen LogP contribution in [0, 0.1) is 5.92 Å². The lowest BCUT2D eigenvalue weighted by Gasteiger charge is -2.37. The first-order valence-electron chi connectivity index (χ1n) is 12.6. The van der Waals surface area contributed by atoms with Crippen LogP contribution in [0.4, 0.5) is 4.79 Å². The summed E-state index contributed by atoms with van der Waals surface area (Å²) in [5.41, 5.74) is 4.71. The second kappa shape index (κ2) is 9.72. The first-order valence-corrected chi connectivity index (χ1v) is 12.6. The molecule has 2 bridgehead atoms. The van der Waals surface area contributed by atoms with Crippen molar-refractivity contribution >= 4 is 18.0 Å². The number of fused-ring (bicyclic) bond motifs is 5. The summed E-state index contributed by atoms with van der Waals surface area (Å²) in [4.78, 5) is 38.7. The van der Waals surface area contributed by atoms with Crippen LogP contribution in [-0.2, 0) is 14.3 Å². The van der Waals surface area contributed by atoms with Gasteiger partial charge in [0.2, 0.25) is 5.91 Å². The minimum atomic E-state index is -0.755. The van der Waals surface area contributed by atoms with Crippen LogP contribution in [0.2, 0.25) is 0 Å². The molecule has 1 aliphatic carbocycles. The van der Waals surface area contributed by atoms with Gasteiger partial charge in [0.1, 0.15) is 6.61 Å². The number of ether oxygens (including phenoxy) is 1. The van der Waals surface area contributed by atoms with Gasteiger partial charge in [-0.15, -0.1) is 0 Å². The normalized spacial score (nSPS) is 23.3. The van der Waals surface area contributed by atoms with Crippen molar-refractivity contribution < 1.29 is 24.2 Å². The molecule has 2 fully saturated rings. The molecule has 5 rings (SSSR count). The van der Waals surface area contributed by atoms with Gasteiger partial charge in [0.25, 0.3) is 0 Å². The van der Waals surface area contributed by atoms with E-state index in [2.05, 4.69) is 29.6 Å². The van der Waals surface area contributed by atoms with E-state index in [1.807, 2.05) is 36.1 Å². The Morgan fingerprint density at radius 3 is 2.14 bits per heavy atom.